The lowest BCUT2D eigenvalue weighted by Crippen LogP contribution is -2.41. The quantitative estimate of drug-likeness (QED) is 0.741. The number of fused-ring (bicyclic) bond motifs is 1. The zero-order chi connectivity index (χ0) is 13.6. The van der Waals surface area contributed by atoms with Gasteiger partial charge in [-0.05, 0) is 57.3 Å². The SMILES string of the molecule is CC(C)(O)[C@@H]1CC[C@@]2(C)CC[C@H](O)C(C=O)=C2C1. The number of rotatable bonds is 2. The Morgan fingerprint density at radius 3 is 2.50 bits per heavy atom. The molecule has 0 aromatic carbocycles. The van der Waals surface area contributed by atoms with Crippen molar-refractivity contribution in [2.45, 2.75) is 64.6 Å². The molecular formula is C15H24O3. The van der Waals surface area contributed by atoms with Crippen LogP contribution in [-0.4, -0.2) is 28.2 Å². The van der Waals surface area contributed by atoms with Gasteiger partial charge in [-0.2, -0.15) is 0 Å². The fourth-order valence-electron chi connectivity index (χ4n) is 3.55. The van der Waals surface area contributed by atoms with E-state index >= 15 is 0 Å². The number of aliphatic hydroxyl groups excluding tert-OH is 1. The Morgan fingerprint density at radius 1 is 1.33 bits per heavy atom. The average molecular weight is 252 g/mol. The summed E-state index contributed by atoms with van der Waals surface area (Å²) in [4.78, 5) is 11.2. The van der Waals surface area contributed by atoms with Crippen LogP contribution >= 0.6 is 0 Å². The number of carbonyl (C=O) groups is 1. The monoisotopic (exact) mass is 252 g/mol. The minimum absolute atomic E-state index is 0.0528. The highest BCUT2D eigenvalue weighted by atomic mass is 16.3. The molecule has 3 heteroatoms. The maximum Gasteiger partial charge on any atom is 0.148 e. The third-order valence-corrected chi connectivity index (χ3v) is 5.03. The first kappa shape index (κ1) is 13.8. The molecule has 2 aliphatic rings. The van der Waals surface area contributed by atoms with Crippen molar-refractivity contribution in [3.8, 4) is 0 Å². The average Bonchev–Trinajstić information content (AvgIpc) is 2.28. The highest BCUT2D eigenvalue weighted by Crippen LogP contribution is 2.52. The molecule has 0 unspecified atom stereocenters. The molecule has 0 aromatic heterocycles. The van der Waals surface area contributed by atoms with E-state index in [1.807, 2.05) is 13.8 Å². The summed E-state index contributed by atoms with van der Waals surface area (Å²) < 4.78 is 0. The molecule has 1 saturated carbocycles. The molecule has 1 fully saturated rings. The lowest BCUT2D eigenvalue weighted by molar-refractivity contribution is -0.106. The van der Waals surface area contributed by atoms with E-state index in [1.54, 1.807) is 0 Å². The molecule has 0 aromatic rings. The number of hydrogen-bond donors (Lipinski definition) is 2. The van der Waals surface area contributed by atoms with Crippen LogP contribution in [0.5, 0.6) is 0 Å². The van der Waals surface area contributed by atoms with Gasteiger partial charge in [0.2, 0.25) is 0 Å². The summed E-state index contributed by atoms with van der Waals surface area (Å²) in [5.41, 5.74) is 1.01. The molecule has 2 N–H and O–H groups in total. The van der Waals surface area contributed by atoms with E-state index in [-0.39, 0.29) is 11.3 Å². The second kappa shape index (κ2) is 4.46. The molecule has 0 radical (unpaired) electrons. The first-order valence-electron chi connectivity index (χ1n) is 6.87. The van der Waals surface area contributed by atoms with Crippen molar-refractivity contribution in [3.05, 3.63) is 11.1 Å². The van der Waals surface area contributed by atoms with Crippen LogP contribution in [0.2, 0.25) is 0 Å². The van der Waals surface area contributed by atoms with Gasteiger partial charge >= 0.3 is 0 Å². The van der Waals surface area contributed by atoms with Crippen molar-refractivity contribution in [2.24, 2.45) is 11.3 Å². The molecule has 2 aliphatic carbocycles. The molecule has 102 valence electrons. The number of allylic oxidation sites excluding steroid dienone is 1. The highest BCUT2D eigenvalue weighted by Gasteiger charge is 2.44. The van der Waals surface area contributed by atoms with E-state index in [9.17, 15) is 15.0 Å². The van der Waals surface area contributed by atoms with Gasteiger partial charge in [-0.1, -0.05) is 12.5 Å². The van der Waals surface area contributed by atoms with Crippen molar-refractivity contribution < 1.29 is 15.0 Å². The third kappa shape index (κ3) is 2.26. The minimum Gasteiger partial charge on any atom is -0.390 e. The maximum atomic E-state index is 11.2. The summed E-state index contributed by atoms with van der Waals surface area (Å²) in [6.45, 7) is 5.86. The van der Waals surface area contributed by atoms with Crippen LogP contribution in [0.4, 0.5) is 0 Å². The van der Waals surface area contributed by atoms with Gasteiger partial charge in [0.1, 0.15) is 6.29 Å². The van der Waals surface area contributed by atoms with E-state index < -0.39 is 11.7 Å². The van der Waals surface area contributed by atoms with Gasteiger partial charge in [0.05, 0.1) is 11.7 Å². The Morgan fingerprint density at radius 2 is 1.94 bits per heavy atom. The van der Waals surface area contributed by atoms with Gasteiger partial charge in [-0.15, -0.1) is 0 Å². The van der Waals surface area contributed by atoms with Crippen LogP contribution < -0.4 is 0 Å². The molecule has 0 aliphatic heterocycles. The standard InChI is InChI=1S/C15H24O3/c1-14(2,18)10-4-6-15(3)7-5-13(17)11(9-16)12(15)8-10/h9-10,13,17-18H,4-8H2,1-3H3/t10-,13+,15+/m1/s1. The summed E-state index contributed by atoms with van der Waals surface area (Å²) in [5, 5.41) is 20.1. The predicted octanol–water partition coefficient (Wildman–Crippen LogP) is 2.21. The first-order valence-corrected chi connectivity index (χ1v) is 6.87. The van der Waals surface area contributed by atoms with Gasteiger partial charge in [0, 0.05) is 5.57 Å². The third-order valence-electron chi connectivity index (χ3n) is 5.03. The van der Waals surface area contributed by atoms with Crippen molar-refractivity contribution in [2.75, 3.05) is 0 Å². The fraction of sp³-hybridized carbons (Fsp3) is 0.800. The number of aldehydes is 1. The van der Waals surface area contributed by atoms with Crippen LogP contribution in [-0.2, 0) is 4.79 Å². The van der Waals surface area contributed by atoms with Crippen LogP contribution in [0.3, 0.4) is 0 Å². The molecule has 2 rings (SSSR count). The minimum atomic E-state index is -0.718. The highest BCUT2D eigenvalue weighted by molar-refractivity contribution is 5.77. The summed E-state index contributed by atoms with van der Waals surface area (Å²) in [6.07, 6.45) is 4.58. The zero-order valence-electron chi connectivity index (χ0n) is 11.6. The smallest absolute Gasteiger partial charge is 0.148 e. The Hall–Kier alpha value is -0.670. The lowest BCUT2D eigenvalue weighted by Gasteiger charge is -2.47. The lowest BCUT2D eigenvalue weighted by atomic mass is 9.59. The molecular weight excluding hydrogens is 228 g/mol. The van der Waals surface area contributed by atoms with Gasteiger partial charge in [0.25, 0.3) is 0 Å². The molecule has 0 bridgehead atoms. The largest absolute Gasteiger partial charge is 0.390 e. The van der Waals surface area contributed by atoms with Crippen LogP contribution in [0.1, 0.15) is 52.9 Å². The fourth-order valence-corrected chi connectivity index (χ4v) is 3.55. The summed E-state index contributed by atoms with van der Waals surface area (Å²) in [6, 6.07) is 0. The normalized spacial score (nSPS) is 37.4. The Balaban J connectivity index is 2.37. The van der Waals surface area contributed by atoms with E-state index in [0.717, 1.165) is 37.5 Å². The Labute approximate surface area is 109 Å². The van der Waals surface area contributed by atoms with Gasteiger partial charge in [0.15, 0.2) is 0 Å². The second-order valence-corrected chi connectivity index (χ2v) is 6.76. The summed E-state index contributed by atoms with van der Waals surface area (Å²) >= 11 is 0. The molecule has 0 heterocycles. The number of carbonyl (C=O) groups excluding carboxylic acids is 1. The van der Waals surface area contributed by atoms with Crippen molar-refractivity contribution in [1.82, 2.24) is 0 Å². The van der Waals surface area contributed by atoms with Crippen molar-refractivity contribution in [3.63, 3.8) is 0 Å². The van der Waals surface area contributed by atoms with Crippen molar-refractivity contribution in [1.29, 1.82) is 0 Å². The van der Waals surface area contributed by atoms with Gasteiger partial charge < -0.3 is 10.2 Å². The molecule has 0 amide bonds. The van der Waals surface area contributed by atoms with Crippen LogP contribution in [0.25, 0.3) is 0 Å². The molecule has 3 nitrogen and oxygen atoms in total. The first-order chi connectivity index (χ1) is 8.28. The van der Waals surface area contributed by atoms with E-state index in [0.29, 0.717) is 12.0 Å². The Bertz CT molecular complexity index is 378. The summed E-state index contributed by atoms with van der Waals surface area (Å²) in [5.74, 6) is 0.181. The number of hydrogen-bond acceptors (Lipinski definition) is 3. The second-order valence-electron chi connectivity index (χ2n) is 6.76. The Kier molecular flexibility index (Phi) is 3.41. The molecule has 0 saturated heterocycles. The van der Waals surface area contributed by atoms with Crippen LogP contribution in [0.15, 0.2) is 11.1 Å². The molecule has 18 heavy (non-hydrogen) atoms. The van der Waals surface area contributed by atoms with Crippen molar-refractivity contribution >= 4 is 6.29 Å². The van der Waals surface area contributed by atoms with E-state index in [1.165, 1.54) is 0 Å². The molecule has 0 spiro atoms. The van der Waals surface area contributed by atoms with E-state index in [2.05, 4.69) is 6.92 Å². The van der Waals surface area contributed by atoms with Crippen LogP contribution in [0, 0.1) is 11.3 Å². The number of aliphatic hydroxyl groups is 2. The predicted molar refractivity (Wildman–Crippen MR) is 70.1 cm³/mol. The topological polar surface area (TPSA) is 57.5 Å². The van der Waals surface area contributed by atoms with Gasteiger partial charge in [-0.25, -0.2) is 0 Å². The van der Waals surface area contributed by atoms with Gasteiger partial charge in [-0.3, -0.25) is 4.79 Å². The van der Waals surface area contributed by atoms with E-state index in [4.69, 9.17) is 0 Å². The molecule has 3 atom stereocenters. The zero-order valence-corrected chi connectivity index (χ0v) is 11.6. The summed E-state index contributed by atoms with van der Waals surface area (Å²) in [7, 11) is 0. The maximum absolute atomic E-state index is 11.2.